The van der Waals surface area contributed by atoms with E-state index in [9.17, 15) is 0 Å². The number of fused-ring (bicyclic) bond motifs is 1. The number of nitrogens with two attached hydrogens (primary N) is 1. The van der Waals surface area contributed by atoms with Gasteiger partial charge in [0.25, 0.3) is 0 Å². The number of aryl methyl sites for hydroxylation is 1. The van der Waals surface area contributed by atoms with E-state index in [4.69, 9.17) is 5.73 Å². The van der Waals surface area contributed by atoms with E-state index in [0.717, 1.165) is 19.5 Å². The van der Waals surface area contributed by atoms with Crippen LogP contribution < -0.4 is 5.73 Å². The summed E-state index contributed by atoms with van der Waals surface area (Å²) in [6.07, 6.45) is 2.29. The molecule has 2 heteroatoms. The second kappa shape index (κ2) is 10.9. The van der Waals surface area contributed by atoms with Crippen LogP contribution in [0.4, 0.5) is 0 Å². The summed E-state index contributed by atoms with van der Waals surface area (Å²) in [5.41, 5.74) is 10.1. The molecule has 2 N–H and O–H groups in total. The Morgan fingerprint density at radius 2 is 1.85 bits per heavy atom. The molecule has 1 heterocycles. The standard InChI is InChI=1S/C14H22N2.2C2H6/c1-11-5-3-6-13-7-10-16(9-4-8-15)12(2)14(11)13;2*1-2/h3,5-6,12H,4,7-10,15H2,1-2H3;2*1-2H3. The van der Waals surface area contributed by atoms with Crippen molar-refractivity contribution in [3.63, 3.8) is 0 Å². The zero-order valence-corrected chi connectivity index (χ0v) is 14.4. The van der Waals surface area contributed by atoms with E-state index < -0.39 is 0 Å². The molecule has 116 valence electrons. The summed E-state index contributed by atoms with van der Waals surface area (Å²) < 4.78 is 0. The molecule has 1 unspecified atom stereocenters. The van der Waals surface area contributed by atoms with E-state index in [-0.39, 0.29) is 0 Å². The average molecular weight is 278 g/mol. The molecule has 1 aromatic rings. The minimum atomic E-state index is 0.552. The van der Waals surface area contributed by atoms with Gasteiger partial charge in [0.2, 0.25) is 0 Å². The molecule has 1 aliphatic heterocycles. The van der Waals surface area contributed by atoms with Gasteiger partial charge in [-0.2, -0.15) is 0 Å². The smallest absolute Gasteiger partial charge is 0.0325 e. The SMILES string of the molecule is CC.CC.Cc1cccc2c1C(C)N(CCCN)CC2. The van der Waals surface area contributed by atoms with Crippen molar-refractivity contribution >= 4 is 0 Å². The van der Waals surface area contributed by atoms with Gasteiger partial charge in [0, 0.05) is 12.6 Å². The molecule has 1 aliphatic rings. The normalized spacial score (nSPS) is 17.2. The molecule has 0 spiro atoms. The molecule has 20 heavy (non-hydrogen) atoms. The predicted molar refractivity (Wildman–Crippen MR) is 91.2 cm³/mol. The molecule has 2 rings (SSSR count). The van der Waals surface area contributed by atoms with Gasteiger partial charge in [-0.05, 0) is 56.5 Å². The van der Waals surface area contributed by atoms with Crippen molar-refractivity contribution < 1.29 is 0 Å². The number of benzene rings is 1. The fourth-order valence-corrected chi connectivity index (χ4v) is 2.80. The molecule has 2 nitrogen and oxygen atoms in total. The zero-order chi connectivity index (χ0) is 15.5. The van der Waals surface area contributed by atoms with Gasteiger partial charge in [-0.1, -0.05) is 45.9 Å². The summed E-state index contributed by atoms with van der Waals surface area (Å²) in [4.78, 5) is 2.56. The van der Waals surface area contributed by atoms with Crippen LogP contribution in [0.3, 0.4) is 0 Å². The first-order valence-corrected chi connectivity index (χ1v) is 8.26. The molecule has 1 aromatic carbocycles. The zero-order valence-electron chi connectivity index (χ0n) is 14.4. The van der Waals surface area contributed by atoms with Crippen LogP contribution in [-0.4, -0.2) is 24.5 Å². The molecule has 0 saturated carbocycles. The lowest BCUT2D eigenvalue weighted by Crippen LogP contribution is -2.35. The van der Waals surface area contributed by atoms with Crippen molar-refractivity contribution in [2.24, 2.45) is 5.73 Å². The predicted octanol–water partition coefficient (Wildman–Crippen LogP) is 4.32. The van der Waals surface area contributed by atoms with Crippen LogP contribution in [0.2, 0.25) is 0 Å². The van der Waals surface area contributed by atoms with Gasteiger partial charge in [0.05, 0.1) is 0 Å². The van der Waals surface area contributed by atoms with E-state index in [1.165, 1.54) is 24.1 Å². The Labute approximate surface area is 126 Å². The Morgan fingerprint density at radius 1 is 1.20 bits per heavy atom. The molecule has 0 radical (unpaired) electrons. The maximum absolute atomic E-state index is 5.59. The summed E-state index contributed by atoms with van der Waals surface area (Å²) in [5.74, 6) is 0. The molecule has 0 saturated heterocycles. The third-order valence-corrected chi connectivity index (χ3v) is 3.70. The van der Waals surface area contributed by atoms with E-state index >= 15 is 0 Å². The first kappa shape index (κ1) is 19.1. The first-order valence-electron chi connectivity index (χ1n) is 8.26. The maximum Gasteiger partial charge on any atom is 0.0325 e. The molecule has 0 aliphatic carbocycles. The molecule has 1 atom stereocenters. The number of hydrogen-bond donors (Lipinski definition) is 1. The van der Waals surface area contributed by atoms with E-state index in [1.807, 2.05) is 27.7 Å². The maximum atomic E-state index is 5.59. The quantitative estimate of drug-likeness (QED) is 0.892. The summed E-state index contributed by atoms with van der Waals surface area (Å²) in [6.45, 7) is 15.6. The molecule has 0 aromatic heterocycles. The number of nitrogens with zero attached hydrogens (tertiary/aromatic N) is 1. The molecular formula is C18H34N2. The van der Waals surface area contributed by atoms with Gasteiger partial charge < -0.3 is 5.73 Å². The van der Waals surface area contributed by atoms with Gasteiger partial charge in [0.1, 0.15) is 0 Å². The van der Waals surface area contributed by atoms with E-state index in [0.29, 0.717) is 6.04 Å². The van der Waals surface area contributed by atoms with Crippen molar-refractivity contribution in [3.8, 4) is 0 Å². The number of rotatable bonds is 3. The second-order valence-electron chi connectivity index (χ2n) is 4.75. The summed E-state index contributed by atoms with van der Waals surface area (Å²) in [5, 5.41) is 0. The Balaban J connectivity index is 0.000000829. The topological polar surface area (TPSA) is 29.3 Å². The van der Waals surface area contributed by atoms with Crippen molar-refractivity contribution in [2.75, 3.05) is 19.6 Å². The Morgan fingerprint density at radius 3 is 2.45 bits per heavy atom. The van der Waals surface area contributed by atoms with Gasteiger partial charge in [-0.3, -0.25) is 4.90 Å². The van der Waals surface area contributed by atoms with Crippen molar-refractivity contribution in [2.45, 2.75) is 60.4 Å². The Bertz CT molecular complexity index is 360. The minimum absolute atomic E-state index is 0.552. The fraction of sp³-hybridized carbons (Fsp3) is 0.667. The fourth-order valence-electron chi connectivity index (χ4n) is 2.80. The van der Waals surface area contributed by atoms with Gasteiger partial charge in [0.15, 0.2) is 0 Å². The van der Waals surface area contributed by atoms with Crippen LogP contribution >= 0.6 is 0 Å². The summed E-state index contributed by atoms with van der Waals surface area (Å²) in [7, 11) is 0. The summed E-state index contributed by atoms with van der Waals surface area (Å²) in [6, 6.07) is 7.23. The van der Waals surface area contributed by atoms with Crippen LogP contribution in [0.15, 0.2) is 18.2 Å². The lowest BCUT2D eigenvalue weighted by Gasteiger charge is -2.36. The Hall–Kier alpha value is -0.860. The third kappa shape index (κ3) is 4.92. The lowest BCUT2D eigenvalue weighted by atomic mass is 9.90. The van der Waals surface area contributed by atoms with Gasteiger partial charge in [-0.15, -0.1) is 0 Å². The summed E-state index contributed by atoms with van der Waals surface area (Å²) >= 11 is 0. The van der Waals surface area contributed by atoms with E-state index in [2.05, 4.69) is 36.9 Å². The molecular weight excluding hydrogens is 244 g/mol. The van der Waals surface area contributed by atoms with Crippen LogP contribution in [0.5, 0.6) is 0 Å². The van der Waals surface area contributed by atoms with Gasteiger partial charge in [-0.25, -0.2) is 0 Å². The van der Waals surface area contributed by atoms with Crippen molar-refractivity contribution in [1.82, 2.24) is 4.90 Å². The molecule has 0 fully saturated rings. The second-order valence-corrected chi connectivity index (χ2v) is 4.75. The van der Waals surface area contributed by atoms with Crippen molar-refractivity contribution in [3.05, 3.63) is 34.9 Å². The first-order chi connectivity index (χ1) is 9.74. The average Bonchev–Trinajstić information content (AvgIpc) is 2.51. The highest BCUT2D eigenvalue weighted by Crippen LogP contribution is 2.31. The highest BCUT2D eigenvalue weighted by atomic mass is 15.2. The monoisotopic (exact) mass is 278 g/mol. The van der Waals surface area contributed by atoms with Crippen molar-refractivity contribution in [1.29, 1.82) is 0 Å². The highest BCUT2D eigenvalue weighted by Gasteiger charge is 2.24. The van der Waals surface area contributed by atoms with Crippen LogP contribution in [0, 0.1) is 6.92 Å². The Kier molecular flexibility index (Phi) is 10.4. The van der Waals surface area contributed by atoms with Crippen LogP contribution in [0.1, 0.15) is 63.8 Å². The van der Waals surface area contributed by atoms with Crippen LogP contribution in [0.25, 0.3) is 0 Å². The minimum Gasteiger partial charge on any atom is -0.330 e. The van der Waals surface area contributed by atoms with Gasteiger partial charge >= 0.3 is 0 Å². The largest absolute Gasteiger partial charge is 0.330 e. The van der Waals surface area contributed by atoms with E-state index in [1.54, 1.807) is 5.56 Å². The molecule has 0 amide bonds. The lowest BCUT2D eigenvalue weighted by molar-refractivity contribution is 0.197. The highest BCUT2D eigenvalue weighted by molar-refractivity contribution is 5.38. The number of hydrogen-bond acceptors (Lipinski definition) is 2. The third-order valence-electron chi connectivity index (χ3n) is 3.70. The molecule has 0 bridgehead atoms. The van der Waals surface area contributed by atoms with Crippen LogP contribution in [-0.2, 0) is 6.42 Å².